The zero-order chi connectivity index (χ0) is 9.68. The van der Waals surface area contributed by atoms with Gasteiger partial charge in [0.1, 0.15) is 11.4 Å². The first kappa shape index (κ1) is 9.25. The van der Waals surface area contributed by atoms with Crippen molar-refractivity contribution in [2.75, 3.05) is 7.11 Å². The number of hydrogen-bond acceptors (Lipinski definition) is 3. The fourth-order valence-electron chi connectivity index (χ4n) is 0.862. The normalized spacial score (nSPS) is 10.2. The Kier molecular flexibility index (Phi) is 3.03. The van der Waals surface area contributed by atoms with Crippen molar-refractivity contribution in [3.8, 4) is 5.75 Å². The molecule has 0 bridgehead atoms. The lowest BCUT2D eigenvalue weighted by atomic mass is 10.3. The summed E-state index contributed by atoms with van der Waals surface area (Å²) >= 11 is 0. The van der Waals surface area contributed by atoms with Gasteiger partial charge in [0.05, 0.1) is 7.11 Å². The molecule has 1 aromatic rings. The van der Waals surface area contributed by atoms with Crippen molar-refractivity contribution in [3.05, 3.63) is 30.1 Å². The topological polar surface area (TPSA) is 65.2 Å². The van der Waals surface area contributed by atoms with Gasteiger partial charge in [-0.25, -0.2) is 0 Å². The molecule has 0 saturated heterocycles. The molecule has 1 heterocycles. The molecule has 0 fully saturated rings. The van der Waals surface area contributed by atoms with Crippen LogP contribution in [0.25, 0.3) is 6.08 Å². The summed E-state index contributed by atoms with van der Waals surface area (Å²) in [5.74, 6) is 0.104. The van der Waals surface area contributed by atoms with Crippen LogP contribution in [0, 0.1) is 0 Å². The molecule has 13 heavy (non-hydrogen) atoms. The predicted octanol–water partition coefficient (Wildman–Crippen LogP) is 0.589. The molecule has 1 rings (SSSR count). The number of amides is 1. The molecule has 4 heteroatoms. The highest BCUT2D eigenvalue weighted by atomic mass is 16.5. The summed E-state index contributed by atoms with van der Waals surface area (Å²) in [4.78, 5) is 14.4. The van der Waals surface area contributed by atoms with E-state index in [4.69, 9.17) is 10.5 Å². The van der Waals surface area contributed by atoms with Crippen molar-refractivity contribution in [3.63, 3.8) is 0 Å². The molecule has 0 spiro atoms. The Balaban J connectivity index is 2.93. The molecule has 0 saturated carbocycles. The van der Waals surface area contributed by atoms with E-state index in [9.17, 15) is 4.79 Å². The van der Waals surface area contributed by atoms with E-state index in [0.29, 0.717) is 11.4 Å². The van der Waals surface area contributed by atoms with Crippen LogP contribution in [-0.2, 0) is 4.79 Å². The smallest absolute Gasteiger partial charge is 0.241 e. The van der Waals surface area contributed by atoms with Crippen molar-refractivity contribution in [1.82, 2.24) is 4.98 Å². The highest BCUT2D eigenvalue weighted by Crippen LogP contribution is 2.15. The van der Waals surface area contributed by atoms with Crippen molar-refractivity contribution in [1.29, 1.82) is 0 Å². The number of carbonyl (C=O) groups is 1. The number of hydrogen-bond donors (Lipinski definition) is 1. The van der Waals surface area contributed by atoms with Gasteiger partial charge in [-0.05, 0) is 18.2 Å². The molecule has 68 valence electrons. The van der Waals surface area contributed by atoms with E-state index < -0.39 is 5.91 Å². The van der Waals surface area contributed by atoms with E-state index in [1.165, 1.54) is 12.2 Å². The molecule has 0 radical (unpaired) electrons. The summed E-state index contributed by atoms with van der Waals surface area (Å²) in [6.07, 6.45) is 4.37. The van der Waals surface area contributed by atoms with Gasteiger partial charge < -0.3 is 10.5 Å². The summed E-state index contributed by atoms with van der Waals surface area (Å²) in [7, 11) is 1.54. The zero-order valence-corrected chi connectivity index (χ0v) is 7.23. The van der Waals surface area contributed by atoms with Gasteiger partial charge in [0.25, 0.3) is 0 Å². The second-order valence-electron chi connectivity index (χ2n) is 2.33. The minimum atomic E-state index is -0.507. The lowest BCUT2D eigenvalue weighted by Crippen LogP contribution is -2.05. The summed E-state index contributed by atoms with van der Waals surface area (Å²) in [6.45, 7) is 0. The van der Waals surface area contributed by atoms with Gasteiger partial charge in [-0.1, -0.05) is 0 Å². The van der Waals surface area contributed by atoms with Crippen LogP contribution in [0.1, 0.15) is 5.69 Å². The molecule has 0 aliphatic carbocycles. The summed E-state index contributed by atoms with van der Waals surface area (Å²) in [6, 6.07) is 3.51. The third-order valence-electron chi connectivity index (χ3n) is 1.43. The first-order valence-corrected chi connectivity index (χ1v) is 3.70. The predicted molar refractivity (Wildman–Crippen MR) is 49.0 cm³/mol. The number of aromatic nitrogens is 1. The Labute approximate surface area is 76.0 Å². The highest BCUT2D eigenvalue weighted by molar-refractivity contribution is 5.90. The maximum atomic E-state index is 10.4. The number of rotatable bonds is 3. The van der Waals surface area contributed by atoms with Gasteiger partial charge in [0.15, 0.2) is 0 Å². The number of nitrogens with zero attached hydrogens (tertiary/aromatic N) is 1. The van der Waals surface area contributed by atoms with Crippen LogP contribution < -0.4 is 10.5 Å². The van der Waals surface area contributed by atoms with Gasteiger partial charge in [-0.3, -0.25) is 9.78 Å². The standard InChI is InChI=1S/C9H10N2O2/c1-13-8-3-2-6-11-7(8)4-5-9(10)12/h2-6H,1H3,(H2,10,12). The Morgan fingerprint density at radius 2 is 2.46 bits per heavy atom. The SMILES string of the molecule is COc1cccnc1C=CC(N)=O. The number of nitrogens with two attached hydrogens (primary N) is 1. The number of pyridine rings is 1. The lowest BCUT2D eigenvalue weighted by molar-refractivity contribution is -0.113. The van der Waals surface area contributed by atoms with Crippen molar-refractivity contribution in [2.24, 2.45) is 5.73 Å². The van der Waals surface area contributed by atoms with E-state index in [-0.39, 0.29) is 0 Å². The van der Waals surface area contributed by atoms with Crippen LogP contribution in [0.15, 0.2) is 24.4 Å². The monoisotopic (exact) mass is 178 g/mol. The van der Waals surface area contributed by atoms with E-state index >= 15 is 0 Å². The maximum Gasteiger partial charge on any atom is 0.241 e. The van der Waals surface area contributed by atoms with Crippen LogP contribution in [-0.4, -0.2) is 18.0 Å². The molecule has 1 amide bonds. The van der Waals surface area contributed by atoms with E-state index in [1.54, 1.807) is 25.4 Å². The number of methoxy groups -OCH3 is 1. The second-order valence-corrected chi connectivity index (χ2v) is 2.33. The van der Waals surface area contributed by atoms with Crippen molar-refractivity contribution < 1.29 is 9.53 Å². The summed E-state index contributed by atoms with van der Waals surface area (Å²) in [5, 5.41) is 0. The third-order valence-corrected chi connectivity index (χ3v) is 1.43. The molecule has 0 aliphatic rings. The van der Waals surface area contributed by atoms with Gasteiger partial charge in [0.2, 0.25) is 5.91 Å². The van der Waals surface area contributed by atoms with Gasteiger partial charge in [-0.15, -0.1) is 0 Å². The van der Waals surface area contributed by atoms with Crippen LogP contribution in [0.2, 0.25) is 0 Å². The average molecular weight is 178 g/mol. The largest absolute Gasteiger partial charge is 0.494 e. The molecular formula is C9H10N2O2. The molecule has 2 N–H and O–H groups in total. The van der Waals surface area contributed by atoms with Gasteiger partial charge in [-0.2, -0.15) is 0 Å². The molecule has 0 aromatic carbocycles. The minimum Gasteiger partial charge on any atom is -0.494 e. The minimum absolute atomic E-state index is 0.507. The maximum absolute atomic E-state index is 10.4. The second kappa shape index (κ2) is 4.25. The molecule has 0 unspecified atom stereocenters. The third kappa shape index (κ3) is 2.59. The van der Waals surface area contributed by atoms with Crippen molar-refractivity contribution in [2.45, 2.75) is 0 Å². The Morgan fingerprint density at radius 1 is 1.69 bits per heavy atom. The van der Waals surface area contributed by atoms with E-state index in [0.717, 1.165) is 0 Å². The molecule has 1 aromatic heterocycles. The van der Waals surface area contributed by atoms with Crippen LogP contribution in [0.3, 0.4) is 0 Å². The fourth-order valence-corrected chi connectivity index (χ4v) is 0.862. The fraction of sp³-hybridized carbons (Fsp3) is 0.111. The van der Waals surface area contributed by atoms with Crippen LogP contribution in [0.5, 0.6) is 5.75 Å². The number of primary amides is 1. The Bertz CT molecular complexity index is 334. The van der Waals surface area contributed by atoms with Crippen LogP contribution >= 0.6 is 0 Å². The molecule has 0 atom stereocenters. The zero-order valence-electron chi connectivity index (χ0n) is 7.23. The van der Waals surface area contributed by atoms with E-state index in [1.807, 2.05) is 0 Å². The molecular weight excluding hydrogens is 168 g/mol. The number of carbonyl (C=O) groups excluding carboxylic acids is 1. The van der Waals surface area contributed by atoms with E-state index in [2.05, 4.69) is 4.98 Å². The summed E-state index contributed by atoms with van der Waals surface area (Å²) < 4.78 is 5.01. The Morgan fingerprint density at radius 3 is 3.08 bits per heavy atom. The first-order valence-electron chi connectivity index (χ1n) is 3.70. The summed E-state index contributed by atoms with van der Waals surface area (Å²) in [5.41, 5.74) is 5.52. The lowest BCUT2D eigenvalue weighted by Gasteiger charge is -2.01. The van der Waals surface area contributed by atoms with Crippen LogP contribution in [0.4, 0.5) is 0 Å². The molecule has 4 nitrogen and oxygen atoms in total. The van der Waals surface area contributed by atoms with Crippen molar-refractivity contribution >= 4 is 12.0 Å². The quantitative estimate of drug-likeness (QED) is 0.689. The average Bonchev–Trinajstić information content (AvgIpc) is 2.15. The number of ether oxygens (including phenoxy) is 1. The Hall–Kier alpha value is -1.84. The van der Waals surface area contributed by atoms with Gasteiger partial charge in [0, 0.05) is 12.3 Å². The van der Waals surface area contributed by atoms with Gasteiger partial charge >= 0.3 is 0 Å². The highest BCUT2D eigenvalue weighted by Gasteiger charge is 1.98. The molecule has 0 aliphatic heterocycles. The first-order chi connectivity index (χ1) is 6.24.